The summed E-state index contributed by atoms with van der Waals surface area (Å²) in [4.78, 5) is 0. The molecule has 0 spiro atoms. The summed E-state index contributed by atoms with van der Waals surface area (Å²) in [6.07, 6.45) is 1.36. The van der Waals surface area contributed by atoms with E-state index < -0.39 is 7.71 Å². The van der Waals surface area contributed by atoms with Crippen molar-refractivity contribution in [3.05, 3.63) is 0 Å². The summed E-state index contributed by atoms with van der Waals surface area (Å²) in [7, 11) is 12.0. The molecule has 1 aliphatic rings. The molecule has 1 aliphatic heterocycles. The predicted octanol–water partition coefficient (Wildman–Crippen LogP) is 2.59. The molecule has 16 heavy (non-hydrogen) atoms. The van der Waals surface area contributed by atoms with Gasteiger partial charge in [0.15, 0.2) is 0 Å². The Bertz CT molecular complexity index is 196. The lowest BCUT2D eigenvalue weighted by Crippen LogP contribution is -2.41. The lowest BCUT2D eigenvalue weighted by Gasteiger charge is -2.44. The second kappa shape index (κ2) is 6.26. The van der Waals surface area contributed by atoms with E-state index in [1.54, 1.807) is 0 Å². The van der Waals surface area contributed by atoms with Gasteiger partial charge in [0.2, 0.25) is 12.0 Å². The van der Waals surface area contributed by atoms with Gasteiger partial charge in [-0.2, -0.15) is 14.0 Å². The Morgan fingerprint density at radius 2 is 1.19 bits per heavy atom. The van der Waals surface area contributed by atoms with Crippen LogP contribution in [0.1, 0.15) is 6.42 Å². The Balaban J connectivity index is 2.99. The highest BCUT2D eigenvalue weighted by Crippen LogP contribution is 2.73. The average molecular weight is 282 g/mol. The van der Waals surface area contributed by atoms with Gasteiger partial charge in [0.25, 0.3) is 0 Å². The second-order valence-corrected chi connectivity index (χ2v) is 12.1. The van der Waals surface area contributed by atoms with E-state index in [4.69, 9.17) is 0 Å². The Morgan fingerprint density at radius 3 is 1.50 bits per heavy atom. The van der Waals surface area contributed by atoms with Gasteiger partial charge in [-0.15, -0.1) is 23.5 Å². The van der Waals surface area contributed by atoms with Crippen LogP contribution in [0.25, 0.3) is 0 Å². The van der Waals surface area contributed by atoms with Crippen LogP contribution in [0.15, 0.2) is 0 Å². The van der Waals surface area contributed by atoms with Crippen molar-refractivity contribution < 1.29 is 0 Å². The first-order valence-corrected chi connectivity index (χ1v) is 9.40. The monoisotopic (exact) mass is 282 g/mol. The molecule has 0 radical (unpaired) electrons. The van der Waals surface area contributed by atoms with Gasteiger partial charge in [-0.1, -0.05) is 0 Å². The molecule has 0 aliphatic carbocycles. The molecule has 0 aromatic heterocycles. The summed E-state index contributed by atoms with van der Waals surface area (Å²) >= 11 is 4.28. The smallest absolute Gasteiger partial charge is 0.153 e. The van der Waals surface area contributed by atoms with E-state index in [0.29, 0.717) is 4.32 Å². The third-order valence-corrected chi connectivity index (χ3v) is 12.0. The summed E-state index contributed by atoms with van der Waals surface area (Å²) in [6.45, 7) is 0. The zero-order chi connectivity index (χ0) is 12.3. The minimum Gasteiger partial charge on any atom is -0.153 e. The quantitative estimate of drug-likeness (QED) is 0.731. The van der Waals surface area contributed by atoms with E-state index >= 15 is 0 Å². The van der Waals surface area contributed by atoms with Gasteiger partial charge < -0.3 is 0 Å². The molecular weight excluding hydrogens is 257 g/mol. The van der Waals surface area contributed by atoms with Crippen LogP contribution in [-0.4, -0.2) is 72.1 Å². The van der Waals surface area contributed by atoms with Crippen LogP contribution >= 0.6 is 31.2 Å². The Hall–Kier alpha value is 1.01. The van der Waals surface area contributed by atoms with Crippen molar-refractivity contribution in [2.45, 2.75) is 10.7 Å². The molecule has 1 rings (SSSR count). The van der Waals surface area contributed by atoms with E-state index in [-0.39, 0.29) is 0 Å². The highest BCUT2D eigenvalue weighted by atomic mass is 32.2. The lowest BCUT2D eigenvalue weighted by atomic mass is 10.6. The van der Waals surface area contributed by atoms with Gasteiger partial charge in [-0.25, -0.2) is 0 Å². The second-order valence-electron chi connectivity index (χ2n) is 4.56. The van der Waals surface area contributed by atoms with Crippen LogP contribution in [-0.2, 0) is 0 Å². The zero-order valence-electron chi connectivity index (χ0n) is 11.3. The Labute approximate surface area is 110 Å². The molecule has 1 saturated heterocycles. The average Bonchev–Trinajstić information content (AvgIpc) is 2.18. The SMILES string of the molecule is CN(C)[P+](C1SCCCS1)(N(C)C)N(C)C. The molecule has 0 saturated carbocycles. The highest BCUT2D eigenvalue weighted by molar-refractivity contribution is 8.25. The van der Waals surface area contributed by atoms with E-state index in [2.05, 4.69) is 79.8 Å². The molecule has 0 atom stereocenters. The molecule has 1 heterocycles. The number of nitrogens with zero attached hydrogens (tertiary/aromatic N) is 3. The van der Waals surface area contributed by atoms with Crippen molar-refractivity contribution in [1.82, 2.24) is 14.0 Å². The maximum atomic E-state index is 2.45. The van der Waals surface area contributed by atoms with E-state index in [9.17, 15) is 0 Å². The maximum Gasteiger partial charge on any atom is 0.249 e. The summed E-state index contributed by atoms with van der Waals surface area (Å²) in [5, 5.41) is 0. The fourth-order valence-electron chi connectivity index (χ4n) is 2.31. The lowest BCUT2D eigenvalue weighted by molar-refractivity contribution is 0.463. The minimum absolute atomic E-state index is 0.696. The first kappa shape index (κ1) is 15.1. The van der Waals surface area contributed by atoms with Gasteiger partial charge >= 0.3 is 0 Å². The largest absolute Gasteiger partial charge is 0.249 e. The van der Waals surface area contributed by atoms with Crippen molar-refractivity contribution in [2.75, 3.05) is 53.8 Å². The number of rotatable bonds is 4. The van der Waals surface area contributed by atoms with Crippen molar-refractivity contribution in [3.63, 3.8) is 0 Å². The molecule has 0 N–H and O–H groups in total. The maximum absolute atomic E-state index is 2.45. The molecule has 0 unspecified atom stereocenters. The fraction of sp³-hybridized carbons (Fsp3) is 1.00. The van der Waals surface area contributed by atoms with E-state index in [1.165, 1.54) is 17.9 Å². The molecule has 0 bridgehead atoms. The summed E-state index contributed by atoms with van der Waals surface area (Å²) in [5.74, 6) is 2.63. The summed E-state index contributed by atoms with van der Waals surface area (Å²) in [6, 6.07) is 0. The topological polar surface area (TPSA) is 9.72 Å². The molecule has 0 amide bonds. The van der Waals surface area contributed by atoms with Crippen molar-refractivity contribution >= 4 is 31.2 Å². The van der Waals surface area contributed by atoms with Gasteiger partial charge in [0.05, 0.1) is 0 Å². The van der Waals surface area contributed by atoms with Crippen LogP contribution in [0.4, 0.5) is 0 Å². The van der Waals surface area contributed by atoms with Crippen LogP contribution < -0.4 is 0 Å². The van der Waals surface area contributed by atoms with Crippen LogP contribution in [0, 0.1) is 0 Å². The summed E-state index contributed by atoms with van der Waals surface area (Å²) in [5.41, 5.74) is 0. The first-order chi connectivity index (χ1) is 7.44. The Morgan fingerprint density at radius 1 is 0.812 bits per heavy atom. The van der Waals surface area contributed by atoms with Gasteiger partial charge in [-0.05, 0) is 17.9 Å². The minimum atomic E-state index is -1.36. The molecule has 0 aromatic carbocycles. The number of thioether (sulfide) groups is 2. The fourth-order valence-corrected chi connectivity index (χ4v) is 13.4. The highest BCUT2D eigenvalue weighted by Gasteiger charge is 2.55. The summed E-state index contributed by atoms with van der Waals surface area (Å²) < 4.78 is 8.04. The van der Waals surface area contributed by atoms with Gasteiger partial charge in [-0.3, -0.25) is 0 Å². The van der Waals surface area contributed by atoms with E-state index in [1.807, 2.05) is 0 Å². The van der Waals surface area contributed by atoms with Gasteiger partial charge in [0.1, 0.15) is 0 Å². The molecule has 1 fully saturated rings. The van der Waals surface area contributed by atoms with Crippen molar-refractivity contribution in [2.24, 2.45) is 0 Å². The van der Waals surface area contributed by atoms with Crippen molar-refractivity contribution in [3.8, 4) is 0 Å². The normalized spacial score (nSPS) is 20.1. The molecule has 0 aromatic rings. The van der Waals surface area contributed by atoms with Gasteiger partial charge in [0, 0.05) is 42.3 Å². The number of hydrogen-bond donors (Lipinski definition) is 0. The third-order valence-electron chi connectivity index (χ3n) is 2.86. The first-order valence-electron chi connectivity index (χ1n) is 5.59. The number of hydrogen-bond acceptors (Lipinski definition) is 5. The predicted molar refractivity (Wildman–Crippen MR) is 81.3 cm³/mol. The van der Waals surface area contributed by atoms with Crippen LogP contribution in [0.5, 0.6) is 0 Å². The molecular formula is C10H25N3PS2+. The zero-order valence-corrected chi connectivity index (χ0v) is 13.8. The standard InChI is InChI=1S/C10H25N3PS2/c1-11(2)14(12(3)4,13(5)6)10-15-8-7-9-16-10/h10H,7-9H2,1-6H3/q+1. The molecule has 6 heteroatoms. The van der Waals surface area contributed by atoms with Crippen LogP contribution in [0.2, 0.25) is 0 Å². The molecule has 96 valence electrons. The van der Waals surface area contributed by atoms with Crippen molar-refractivity contribution in [1.29, 1.82) is 0 Å². The molecule has 3 nitrogen and oxygen atoms in total. The van der Waals surface area contributed by atoms with Crippen LogP contribution in [0.3, 0.4) is 0 Å². The Kier molecular flexibility index (Phi) is 5.89. The third kappa shape index (κ3) is 2.70. The van der Waals surface area contributed by atoms with E-state index in [0.717, 1.165) is 0 Å².